The number of rotatable bonds is 7. The predicted molar refractivity (Wildman–Crippen MR) is 135 cm³/mol. The molecule has 0 saturated heterocycles. The molecule has 1 N–H and O–H groups in total. The number of anilines is 1. The van der Waals surface area contributed by atoms with E-state index in [4.69, 9.17) is 21.3 Å². The van der Waals surface area contributed by atoms with E-state index >= 15 is 0 Å². The van der Waals surface area contributed by atoms with Gasteiger partial charge in [-0.1, -0.05) is 42.8 Å². The smallest absolute Gasteiger partial charge is 0.276 e. The summed E-state index contributed by atoms with van der Waals surface area (Å²) < 4.78 is 23.3. The van der Waals surface area contributed by atoms with Crippen molar-refractivity contribution in [3.8, 4) is 5.75 Å². The zero-order valence-electron chi connectivity index (χ0n) is 19.9. The normalized spacial score (nSPS) is 11.3. The van der Waals surface area contributed by atoms with Crippen LogP contribution in [-0.2, 0) is 20.0 Å². The number of nitrogens with zero attached hydrogens (tertiary/aromatic N) is 3. The lowest BCUT2D eigenvalue weighted by Gasteiger charge is -2.13. The van der Waals surface area contributed by atoms with Crippen molar-refractivity contribution in [3.05, 3.63) is 86.8 Å². The zero-order valence-corrected chi connectivity index (χ0v) is 20.7. The second kappa shape index (κ2) is 9.92. The monoisotopic (exact) mass is 496 g/mol. The number of hydrogen-bond donors (Lipinski definition) is 1. The van der Waals surface area contributed by atoms with Gasteiger partial charge in [-0.15, -0.1) is 0 Å². The van der Waals surface area contributed by atoms with Gasteiger partial charge in [-0.2, -0.15) is 0 Å². The molecule has 2 aromatic heterocycles. The van der Waals surface area contributed by atoms with Crippen molar-refractivity contribution in [2.75, 3.05) is 5.32 Å². The SMILES string of the molecule is CCc1nc2c(c(OC(C)C)c(C(=O)Nc3ccccc3F)n2C)c(=O)n1Cc1cccc(Cl)c1. The number of amides is 1. The van der Waals surface area contributed by atoms with Crippen molar-refractivity contribution >= 4 is 34.2 Å². The van der Waals surface area contributed by atoms with Crippen LogP contribution in [-0.4, -0.2) is 26.1 Å². The van der Waals surface area contributed by atoms with Gasteiger partial charge in [0.15, 0.2) is 17.1 Å². The van der Waals surface area contributed by atoms with Crippen LogP contribution < -0.4 is 15.6 Å². The van der Waals surface area contributed by atoms with Gasteiger partial charge in [-0.25, -0.2) is 9.37 Å². The minimum atomic E-state index is -0.606. The summed E-state index contributed by atoms with van der Waals surface area (Å²) in [5.74, 6) is -0.502. The molecule has 0 bridgehead atoms. The average Bonchev–Trinajstić information content (AvgIpc) is 3.07. The number of fused-ring (bicyclic) bond motifs is 1. The van der Waals surface area contributed by atoms with E-state index in [0.717, 1.165) is 5.56 Å². The number of nitrogens with one attached hydrogen (secondary N) is 1. The summed E-state index contributed by atoms with van der Waals surface area (Å²) in [7, 11) is 1.64. The Labute approximate surface area is 207 Å². The molecule has 0 radical (unpaired) electrons. The van der Waals surface area contributed by atoms with Crippen molar-refractivity contribution < 1.29 is 13.9 Å². The maximum Gasteiger partial charge on any atom is 0.276 e. The van der Waals surface area contributed by atoms with Crippen LogP contribution in [0, 0.1) is 5.82 Å². The van der Waals surface area contributed by atoms with Crippen LogP contribution in [0.1, 0.15) is 42.6 Å². The molecule has 1 amide bonds. The lowest BCUT2D eigenvalue weighted by Crippen LogP contribution is -2.26. The van der Waals surface area contributed by atoms with Crippen LogP contribution in [0.5, 0.6) is 5.75 Å². The number of halogens is 2. The summed E-state index contributed by atoms with van der Waals surface area (Å²) >= 11 is 6.14. The zero-order chi connectivity index (χ0) is 25.3. The van der Waals surface area contributed by atoms with Crippen molar-refractivity contribution in [2.24, 2.45) is 7.05 Å². The molecular weight excluding hydrogens is 471 g/mol. The summed E-state index contributed by atoms with van der Waals surface area (Å²) in [6, 6.07) is 13.1. The molecule has 4 aromatic rings. The van der Waals surface area contributed by atoms with Gasteiger partial charge in [0.25, 0.3) is 11.5 Å². The topological polar surface area (TPSA) is 78.2 Å². The fourth-order valence-electron chi connectivity index (χ4n) is 4.01. The van der Waals surface area contributed by atoms with E-state index in [1.807, 2.05) is 19.1 Å². The summed E-state index contributed by atoms with van der Waals surface area (Å²) in [5, 5.41) is 3.35. The molecule has 7 nitrogen and oxygen atoms in total. The number of hydrogen-bond acceptors (Lipinski definition) is 4. The van der Waals surface area contributed by atoms with Gasteiger partial charge in [0.05, 0.1) is 18.3 Å². The molecule has 4 rings (SSSR count). The van der Waals surface area contributed by atoms with Gasteiger partial charge in [0, 0.05) is 18.5 Å². The molecular formula is C26H26ClFN4O3. The maximum absolute atomic E-state index is 14.2. The lowest BCUT2D eigenvalue weighted by atomic mass is 10.2. The molecule has 0 fully saturated rings. The van der Waals surface area contributed by atoms with Crippen LogP contribution in [0.3, 0.4) is 0 Å². The molecule has 0 spiro atoms. The lowest BCUT2D eigenvalue weighted by molar-refractivity contribution is 0.101. The van der Waals surface area contributed by atoms with Crippen LogP contribution in [0.25, 0.3) is 11.0 Å². The van der Waals surface area contributed by atoms with Crippen molar-refractivity contribution in [1.29, 1.82) is 0 Å². The number of aromatic nitrogens is 3. The van der Waals surface area contributed by atoms with E-state index in [1.54, 1.807) is 43.7 Å². The van der Waals surface area contributed by atoms with Gasteiger partial charge in [-0.3, -0.25) is 14.2 Å². The highest BCUT2D eigenvalue weighted by Gasteiger charge is 2.28. The van der Waals surface area contributed by atoms with E-state index in [-0.39, 0.29) is 40.7 Å². The Balaban J connectivity index is 1.92. The Morgan fingerprint density at radius 1 is 1.20 bits per heavy atom. The minimum Gasteiger partial charge on any atom is -0.488 e. The first-order chi connectivity index (χ1) is 16.7. The summed E-state index contributed by atoms with van der Waals surface area (Å²) in [5.41, 5.74) is 0.949. The number of carbonyl (C=O) groups excluding carboxylic acids is 1. The Kier molecular flexibility index (Phi) is 6.93. The number of ether oxygens (including phenoxy) is 1. The molecule has 0 atom stereocenters. The first-order valence-electron chi connectivity index (χ1n) is 11.3. The summed E-state index contributed by atoms with van der Waals surface area (Å²) in [4.78, 5) is 31.8. The Morgan fingerprint density at radius 2 is 1.94 bits per heavy atom. The largest absolute Gasteiger partial charge is 0.488 e. The summed E-state index contributed by atoms with van der Waals surface area (Å²) in [6.07, 6.45) is 0.167. The van der Waals surface area contributed by atoms with E-state index in [9.17, 15) is 14.0 Å². The molecule has 2 heterocycles. The van der Waals surface area contributed by atoms with E-state index < -0.39 is 11.7 Å². The quantitative estimate of drug-likeness (QED) is 0.382. The number of aryl methyl sites for hydroxylation is 2. The van der Waals surface area contributed by atoms with Crippen LogP contribution in [0.15, 0.2) is 53.3 Å². The Morgan fingerprint density at radius 3 is 2.60 bits per heavy atom. The second-order valence-electron chi connectivity index (χ2n) is 8.44. The highest BCUT2D eigenvalue weighted by molar-refractivity contribution is 6.30. The van der Waals surface area contributed by atoms with Crippen LogP contribution in [0.2, 0.25) is 5.02 Å². The average molecular weight is 497 g/mol. The predicted octanol–water partition coefficient (Wildman–Crippen LogP) is 5.18. The molecule has 182 valence electrons. The van der Waals surface area contributed by atoms with Crippen LogP contribution in [0.4, 0.5) is 10.1 Å². The molecule has 0 aliphatic rings. The highest BCUT2D eigenvalue weighted by Crippen LogP contribution is 2.32. The number of para-hydroxylation sites is 1. The third kappa shape index (κ3) is 4.79. The standard InChI is InChI=1S/C26H26ClFN4O3/c1-5-20-30-24-21(26(34)32(20)14-16-9-8-10-17(27)13-16)23(35-15(2)3)22(31(24)4)25(33)29-19-12-7-6-11-18(19)28/h6-13,15H,5,14H2,1-4H3,(H,29,33). The van der Waals surface area contributed by atoms with Gasteiger partial charge in [0.2, 0.25) is 0 Å². The maximum atomic E-state index is 14.2. The first-order valence-corrected chi connectivity index (χ1v) is 11.7. The van der Waals surface area contributed by atoms with Gasteiger partial charge < -0.3 is 14.6 Å². The Hall–Kier alpha value is -3.65. The molecule has 0 aliphatic carbocycles. The Bertz CT molecular complexity index is 1480. The van der Waals surface area contributed by atoms with Gasteiger partial charge in [-0.05, 0) is 43.7 Å². The fourth-order valence-corrected chi connectivity index (χ4v) is 4.22. The number of benzene rings is 2. The fraction of sp³-hybridized carbons (Fsp3) is 0.269. The molecule has 2 aromatic carbocycles. The minimum absolute atomic E-state index is 0.0267. The second-order valence-corrected chi connectivity index (χ2v) is 8.88. The molecule has 9 heteroatoms. The van der Waals surface area contributed by atoms with E-state index in [0.29, 0.717) is 22.9 Å². The third-order valence-corrected chi connectivity index (χ3v) is 5.80. The molecule has 0 unspecified atom stereocenters. The first kappa shape index (κ1) is 24.5. The van der Waals surface area contributed by atoms with Gasteiger partial charge in [0.1, 0.15) is 17.0 Å². The van der Waals surface area contributed by atoms with Gasteiger partial charge >= 0.3 is 0 Å². The summed E-state index contributed by atoms with van der Waals surface area (Å²) in [6.45, 7) is 5.77. The van der Waals surface area contributed by atoms with Crippen molar-refractivity contribution in [1.82, 2.24) is 14.1 Å². The number of carbonyl (C=O) groups is 1. The molecule has 0 saturated carbocycles. The van der Waals surface area contributed by atoms with Crippen LogP contribution >= 0.6 is 11.6 Å². The van der Waals surface area contributed by atoms with Crippen molar-refractivity contribution in [2.45, 2.75) is 39.8 Å². The third-order valence-electron chi connectivity index (χ3n) is 5.56. The molecule has 0 aliphatic heterocycles. The van der Waals surface area contributed by atoms with E-state index in [1.165, 1.54) is 22.8 Å². The van der Waals surface area contributed by atoms with E-state index in [2.05, 4.69) is 5.32 Å². The van der Waals surface area contributed by atoms with Crippen molar-refractivity contribution in [3.63, 3.8) is 0 Å². The molecule has 35 heavy (non-hydrogen) atoms. The highest BCUT2D eigenvalue weighted by atomic mass is 35.5.